The molecule has 1 saturated heterocycles. The van der Waals surface area contributed by atoms with Gasteiger partial charge < -0.3 is 10.0 Å². The van der Waals surface area contributed by atoms with Gasteiger partial charge >= 0.3 is 5.97 Å². The molecule has 14 heavy (non-hydrogen) atoms. The van der Waals surface area contributed by atoms with Crippen LogP contribution in [0.1, 0.15) is 25.7 Å². The number of unbranched alkanes of at least 4 members (excludes halogenated alkanes) is 1. The molecule has 1 atom stereocenters. The molecular weight excluding hydrogens is 198 g/mol. The summed E-state index contributed by atoms with van der Waals surface area (Å²) < 4.78 is 0. The minimum atomic E-state index is -0.677. The van der Waals surface area contributed by atoms with Gasteiger partial charge in [0.15, 0.2) is 0 Å². The van der Waals surface area contributed by atoms with Gasteiger partial charge in [-0.2, -0.15) is 11.8 Å². The Balaban J connectivity index is 2.02. The Kier molecular flexibility index (Phi) is 5.33. The third kappa shape index (κ3) is 4.33. The molecule has 0 radical (unpaired) electrons. The third-order valence-electron chi connectivity index (χ3n) is 2.68. The average Bonchev–Trinajstić information content (AvgIpc) is 2.64. The van der Waals surface area contributed by atoms with Crippen LogP contribution in [0.4, 0.5) is 0 Å². The van der Waals surface area contributed by atoms with Gasteiger partial charge in [0, 0.05) is 18.2 Å². The smallest absolute Gasteiger partial charge is 0.303 e. The molecule has 1 heterocycles. The Bertz CT molecular complexity index is 181. The highest BCUT2D eigenvalue weighted by molar-refractivity contribution is 7.99. The Labute approximate surface area is 89.9 Å². The fourth-order valence-corrected chi connectivity index (χ4v) is 2.99. The Morgan fingerprint density at radius 3 is 2.93 bits per heavy atom. The Morgan fingerprint density at radius 1 is 1.57 bits per heavy atom. The zero-order valence-corrected chi connectivity index (χ0v) is 9.55. The van der Waals surface area contributed by atoms with Crippen molar-refractivity contribution in [3.63, 3.8) is 0 Å². The Hall–Kier alpha value is -0.220. The summed E-state index contributed by atoms with van der Waals surface area (Å²) in [4.78, 5) is 12.7. The van der Waals surface area contributed by atoms with Crippen molar-refractivity contribution in [3.8, 4) is 0 Å². The first-order chi connectivity index (χ1) is 6.70. The molecule has 0 bridgehead atoms. The first-order valence-electron chi connectivity index (χ1n) is 5.20. The lowest BCUT2D eigenvalue weighted by atomic mass is 10.2. The molecule has 1 rings (SSSR count). The molecule has 0 spiro atoms. The maximum atomic E-state index is 10.3. The van der Waals surface area contributed by atoms with Crippen molar-refractivity contribution in [2.45, 2.75) is 31.7 Å². The zero-order chi connectivity index (χ0) is 10.4. The van der Waals surface area contributed by atoms with Crippen LogP contribution in [0.15, 0.2) is 0 Å². The van der Waals surface area contributed by atoms with Gasteiger partial charge in [-0.3, -0.25) is 4.79 Å². The molecule has 1 aliphatic heterocycles. The molecule has 1 N–H and O–H groups in total. The molecule has 3 nitrogen and oxygen atoms in total. The minimum Gasteiger partial charge on any atom is -0.481 e. The summed E-state index contributed by atoms with van der Waals surface area (Å²) in [5, 5.41) is 8.47. The van der Waals surface area contributed by atoms with Crippen molar-refractivity contribution in [2.75, 3.05) is 25.1 Å². The first-order valence-corrected chi connectivity index (χ1v) is 6.35. The molecule has 0 aromatic heterocycles. The number of carboxylic acid groups (broad SMARTS) is 1. The van der Waals surface area contributed by atoms with Crippen LogP contribution in [-0.2, 0) is 4.79 Å². The molecule has 0 aliphatic carbocycles. The van der Waals surface area contributed by atoms with Crippen LogP contribution in [0.3, 0.4) is 0 Å². The van der Waals surface area contributed by atoms with Crippen molar-refractivity contribution in [3.05, 3.63) is 0 Å². The maximum absolute atomic E-state index is 10.3. The first kappa shape index (κ1) is 11.9. The van der Waals surface area contributed by atoms with Crippen molar-refractivity contribution >= 4 is 17.7 Å². The van der Waals surface area contributed by atoms with Gasteiger partial charge in [-0.15, -0.1) is 0 Å². The van der Waals surface area contributed by atoms with E-state index in [1.807, 2.05) is 11.8 Å². The fraction of sp³-hybridized carbons (Fsp3) is 0.900. The van der Waals surface area contributed by atoms with E-state index in [2.05, 4.69) is 11.9 Å². The normalized spacial score (nSPS) is 21.7. The molecule has 1 fully saturated rings. The molecule has 82 valence electrons. The number of nitrogens with zero attached hydrogens (tertiary/aromatic N) is 1. The molecule has 0 aromatic carbocycles. The van der Waals surface area contributed by atoms with Crippen molar-refractivity contribution in [2.24, 2.45) is 0 Å². The van der Waals surface area contributed by atoms with Crippen LogP contribution < -0.4 is 0 Å². The van der Waals surface area contributed by atoms with E-state index in [-0.39, 0.29) is 0 Å². The summed E-state index contributed by atoms with van der Waals surface area (Å²) in [6, 6.07) is 0.727. The standard InChI is InChI=1S/C10H19NO2S/c1-11(9-5-7-14-8-9)6-3-2-4-10(12)13/h9H,2-8H2,1H3,(H,12,13). The summed E-state index contributed by atoms with van der Waals surface area (Å²) in [6.07, 6.45) is 3.41. The predicted octanol–water partition coefficient (Wildman–Crippen LogP) is 1.68. The second-order valence-corrected chi connectivity index (χ2v) is 5.00. The summed E-state index contributed by atoms with van der Waals surface area (Å²) in [5.41, 5.74) is 0. The molecule has 0 aromatic rings. The second kappa shape index (κ2) is 6.30. The predicted molar refractivity (Wildman–Crippen MR) is 59.8 cm³/mol. The monoisotopic (exact) mass is 217 g/mol. The van der Waals surface area contributed by atoms with E-state index in [1.165, 1.54) is 17.9 Å². The van der Waals surface area contributed by atoms with E-state index in [0.29, 0.717) is 6.42 Å². The summed E-state index contributed by atoms with van der Waals surface area (Å²) in [7, 11) is 2.15. The van der Waals surface area contributed by atoms with Crippen LogP contribution in [0, 0.1) is 0 Å². The van der Waals surface area contributed by atoms with Crippen molar-refractivity contribution in [1.29, 1.82) is 0 Å². The zero-order valence-electron chi connectivity index (χ0n) is 8.74. The van der Waals surface area contributed by atoms with Crippen LogP contribution in [0.5, 0.6) is 0 Å². The fourth-order valence-electron chi connectivity index (χ4n) is 1.69. The lowest BCUT2D eigenvalue weighted by Gasteiger charge is -2.22. The average molecular weight is 217 g/mol. The largest absolute Gasteiger partial charge is 0.481 e. The molecule has 0 saturated carbocycles. The van der Waals surface area contributed by atoms with E-state index >= 15 is 0 Å². The highest BCUT2D eigenvalue weighted by Gasteiger charge is 2.19. The van der Waals surface area contributed by atoms with E-state index in [9.17, 15) is 4.79 Å². The van der Waals surface area contributed by atoms with E-state index < -0.39 is 5.97 Å². The van der Waals surface area contributed by atoms with Crippen LogP contribution in [0.25, 0.3) is 0 Å². The lowest BCUT2D eigenvalue weighted by molar-refractivity contribution is -0.137. The topological polar surface area (TPSA) is 40.5 Å². The number of hydrogen-bond donors (Lipinski definition) is 1. The van der Waals surface area contributed by atoms with Crippen molar-refractivity contribution in [1.82, 2.24) is 4.90 Å². The van der Waals surface area contributed by atoms with Crippen LogP contribution >= 0.6 is 11.8 Å². The Morgan fingerprint density at radius 2 is 2.36 bits per heavy atom. The van der Waals surface area contributed by atoms with Crippen LogP contribution in [-0.4, -0.2) is 47.1 Å². The van der Waals surface area contributed by atoms with E-state index in [0.717, 1.165) is 25.4 Å². The molecule has 1 aliphatic rings. The summed E-state index contributed by atoms with van der Waals surface area (Å²) in [5.74, 6) is 1.85. The van der Waals surface area contributed by atoms with E-state index in [1.54, 1.807) is 0 Å². The highest BCUT2D eigenvalue weighted by atomic mass is 32.2. The molecule has 4 heteroatoms. The highest BCUT2D eigenvalue weighted by Crippen LogP contribution is 2.21. The minimum absolute atomic E-state index is 0.313. The van der Waals surface area contributed by atoms with Crippen LogP contribution in [0.2, 0.25) is 0 Å². The molecular formula is C10H19NO2S. The van der Waals surface area contributed by atoms with Gasteiger partial charge in [0.2, 0.25) is 0 Å². The number of rotatable bonds is 6. The van der Waals surface area contributed by atoms with Gasteiger partial charge in [-0.05, 0) is 38.6 Å². The third-order valence-corrected chi connectivity index (χ3v) is 3.83. The number of hydrogen-bond acceptors (Lipinski definition) is 3. The quantitative estimate of drug-likeness (QED) is 0.687. The molecule has 0 amide bonds. The summed E-state index contributed by atoms with van der Waals surface area (Å²) >= 11 is 2.02. The van der Waals surface area contributed by atoms with Gasteiger partial charge in [-0.25, -0.2) is 0 Å². The van der Waals surface area contributed by atoms with Crippen molar-refractivity contribution < 1.29 is 9.90 Å². The number of thioether (sulfide) groups is 1. The summed E-state index contributed by atoms with van der Waals surface area (Å²) in [6.45, 7) is 1.04. The van der Waals surface area contributed by atoms with Gasteiger partial charge in [0.05, 0.1) is 0 Å². The second-order valence-electron chi connectivity index (χ2n) is 3.85. The van der Waals surface area contributed by atoms with Gasteiger partial charge in [0.25, 0.3) is 0 Å². The number of carbonyl (C=O) groups is 1. The number of aliphatic carboxylic acids is 1. The molecule has 1 unspecified atom stereocenters. The lowest BCUT2D eigenvalue weighted by Crippen LogP contribution is -2.32. The SMILES string of the molecule is CN(CCCCC(=O)O)C1CCSC1. The maximum Gasteiger partial charge on any atom is 0.303 e. The number of carboxylic acids is 1. The van der Waals surface area contributed by atoms with E-state index in [4.69, 9.17) is 5.11 Å². The van der Waals surface area contributed by atoms with Gasteiger partial charge in [0.1, 0.15) is 0 Å². The van der Waals surface area contributed by atoms with Gasteiger partial charge in [-0.1, -0.05) is 0 Å².